The van der Waals surface area contributed by atoms with Gasteiger partial charge in [0.2, 0.25) is 0 Å². The molecule has 0 fully saturated rings. The van der Waals surface area contributed by atoms with E-state index in [1.807, 2.05) is 0 Å². The first kappa shape index (κ1) is 12.9. The summed E-state index contributed by atoms with van der Waals surface area (Å²) in [5, 5.41) is 3.81. The summed E-state index contributed by atoms with van der Waals surface area (Å²) < 4.78 is 25.9. The van der Waals surface area contributed by atoms with Gasteiger partial charge < -0.3 is 4.90 Å². The Morgan fingerprint density at radius 2 is 2.38 bits per heavy atom. The van der Waals surface area contributed by atoms with E-state index < -0.39 is 18.9 Å². The Labute approximate surface area is 96.8 Å². The molecule has 4 nitrogen and oxygen atoms in total. The second-order valence-electron chi connectivity index (χ2n) is 3.23. The van der Waals surface area contributed by atoms with Crippen molar-refractivity contribution in [2.45, 2.75) is 6.43 Å². The predicted molar refractivity (Wildman–Crippen MR) is 55.8 cm³/mol. The van der Waals surface area contributed by atoms with Crippen LogP contribution in [0.3, 0.4) is 0 Å². The smallest absolute Gasteiger partial charge is 0.257 e. The van der Waals surface area contributed by atoms with Crippen LogP contribution in [-0.4, -0.2) is 46.0 Å². The van der Waals surface area contributed by atoms with Gasteiger partial charge in [-0.15, -0.1) is 11.6 Å². The topological polar surface area (TPSA) is 38.1 Å². The average molecular weight is 252 g/mol. The van der Waals surface area contributed by atoms with Crippen molar-refractivity contribution in [3.05, 3.63) is 18.0 Å². The molecular formula is C9H12ClF2N3O. The molecule has 1 aromatic heterocycles. The van der Waals surface area contributed by atoms with Crippen molar-refractivity contribution in [2.24, 2.45) is 7.05 Å². The third kappa shape index (κ3) is 3.44. The molecule has 1 amide bonds. The van der Waals surface area contributed by atoms with Crippen molar-refractivity contribution < 1.29 is 13.6 Å². The number of hydrogen-bond acceptors (Lipinski definition) is 2. The molecule has 7 heteroatoms. The summed E-state index contributed by atoms with van der Waals surface area (Å²) in [6.45, 7) is -0.514. The molecule has 0 radical (unpaired) electrons. The molecule has 0 saturated heterocycles. The van der Waals surface area contributed by atoms with Crippen molar-refractivity contribution in [3.63, 3.8) is 0 Å². The Hall–Kier alpha value is -1.17. The van der Waals surface area contributed by atoms with Gasteiger partial charge in [-0.3, -0.25) is 9.48 Å². The molecule has 1 rings (SSSR count). The standard InChI is InChI=1S/C9H12ClF2N3O/c1-14-5-7(4-13-14)9(16)15(3-2-10)6-8(11)12/h4-5,8H,2-3,6H2,1H3. The molecule has 0 bridgehead atoms. The van der Waals surface area contributed by atoms with Crippen molar-refractivity contribution in [1.29, 1.82) is 0 Å². The minimum atomic E-state index is -2.57. The first-order chi connectivity index (χ1) is 7.54. The quantitative estimate of drug-likeness (QED) is 0.742. The molecule has 0 aliphatic carbocycles. The van der Waals surface area contributed by atoms with Gasteiger partial charge in [0.15, 0.2) is 0 Å². The minimum Gasteiger partial charge on any atom is -0.332 e. The Kier molecular flexibility index (Phi) is 4.67. The van der Waals surface area contributed by atoms with E-state index in [1.165, 1.54) is 17.1 Å². The van der Waals surface area contributed by atoms with Crippen molar-refractivity contribution in [1.82, 2.24) is 14.7 Å². The van der Waals surface area contributed by atoms with E-state index in [9.17, 15) is 13.6 Å². The second-order valence-corrected chi connectivity index (χ2v) is 3.61. The summed E-state index contributed by atoms with van der Waals surface area (Å²) in [5.74, 6) is -0.354. The zero-order valence-corrected chi connectivity index (χ0v) is 9.49. The zero-order valence-electron chi connectivity index (χ0n) is 8.74. The van der Waals surface area contributed by atoms with Gasteiger partial charge in [0, 0.05) is 25.7 Å². The highest BCUT2D eigenvalue weighted by molar-refractivity contribution is 6.18. The third-order valence-corrected chi connectivity index (χ3v) is 2.12. The van der Waals surface area contributed by atoms with Gasteiger partial charge in [-0.2, -0.15) is 5.10 Å². The van der Waals surface area contributed by atoms with Gasteiger partial charge >= 0.3 is 0 Å². The summed E-state index contributed by atoms with van der Waals surface area (Å²) >= 11 is 5.46. The maximum absolute atomic E-state index is 12.2. The highest BCUT2D eigenvalue weighted by Gasteiger charge is 2.20. The highest BCUT2D eigenvalue weighted by Crippen LogP contribution is 2.06. The summed E-state index contributed by atoms with van der Waals surface area (Å²) in [4.78, 5) is 12.8. The van der Waals surface area contributed by atoms with Gasteiger partial charge in [0.1, 0.15) is 0 Å². The van der Waals surface area contributed by atoms with Gasteiger partial charge in [0.05, 0.1) is 18.3 Å². The number of aryl methyl sites for hydroxylation is 1. The Balaban J connectivity index is 2.74. The lowest BCUT2D eigenvalue weighted by Gasteiger charge is -2.20. The fourth-order valence-electron chi connectivity index (χ4n) is 1.26. The van der Waals surface area contributed by atoms with Crippen LogP contribution in [0.4, 0.5) is 8.78 Å². The number of hydrogen-bond donors (Lipinski definition) is 0. The molecule has 0 saturated carbocycles. The first-order valence-electron chi connectivity index (χ1n) is 4.66. The van der Waals surface area contributed by atoms with E-state index in [4.69, 9.17) is 11.6 Å². The summed E-state index contributed by atoms with van der Waals surface area (Å²) in [7, 11) is 1.65. The maximum Gasteiger partial charge on any atom is 0.257 e. The van der Waals surface area contributed by atoms with Crippen LogP contribution in [0.1, 0.15) is 10.4 Å². The van der Waals surface area contributed by atoms with Crippen LogP contribution in [0.5, 0.6) is 0 Å². The summed E-state index contributed by atoms with van der Waals surface area (Å²) in [6, 6.07) is 0. The number of carbonyl (C=O) groups excluding carboxylic acids is 1. The number of carbonyl (C=O) groups is 1. The SMILES string of the molecule is Cn1cc(C(=O)N(CCCl)CC(F)F)cn1. The van der Waals surface area contributed by atoms with E-state index in [0.717, 1.165) is 4.90 Å². The molecule has 0 spiro atoms. The normalized spacial score (nSPS) is 10.8. The number of alkyl halides is 3. The second kappa shape index (κ2) is 5.79. The Morgan fingerprint density at radius 1 is 1.69 bits per heavy atom. The van der Waals surface area contributed by atoms with Gasteiger partial charge in [-0.05, 0) is 0 Å². The molecule has 1 aromatic rings. The lowest BCUT2D eigenvalue weighted by atomic mass is 10.3. The van der Waals surface area contributed by atoms with Crippen LogP contribution in [0, 0.1) is 0 Å². The third-order valence-electron chi connectivity index (χ3n) is 1.95. The number of nitrogens with zero attached hydrogens (tertiary/aromatic N) is 3. The molecule has 0 unspecified atom stereocenters. The lowest BCUT2D eigenvalue weighted by Crippen LogP contribution is -2.36. The monoisotopic (exact) mass is 251 g/mol. The average Bonchev–Trinajstić information content (AvgIpc) is 2.62. The van der Waals surface area contributed by atoms with Gasteiger partial charge in [0.25, 0.3) is 12.3 Å². The van der Waals surface area contributed by atoms with Crippen molar-refractivity contribution >= 4 is 17.5 Å². The van der Waals surface area contributed by atoms with Gasteiger partial charge in [-0.1, -0.05) is 0 Å². The van der Waals surface area contributed by atoms with E-state index in [1.54, 1.807) is 7.05 Å². The molecule has 0 aliphatic heterocycles. The maximum atomic E-state index is 12.2. The van der Waals surface area contributed by atoms with Crippen LogP contribution in [0.2, 0.25) is 0 Å². The Morgan fingerprint density at radius 3 is 2.81 bits per heavy atom. The molecule has 0 aromatic carbocycles. The van der Waals surface area contributed by atoms with Crippen LogP contribution in [0.15, 0.2) is 12.4 Å². The Bertz CT molecular complexity index is 356. The van der Waals surface area contributed by atoms with Crippen LogP contribution < -0.4 is 0 Å². The molecule has 90 valence electrons. The largest absolute Gasteiger partial charge is 0.332 e. The van der Waals surface area contributed by atoms with Crippen molar-refractivity contribution in [2.75, 3.05) is 19.0 Å². The lowest BCUT2D eigenvalue weighted by molar-refractivity contribution is 0.0571. The molecular weight excluding hydrogens is 240 g/mol. The molecule has 1 heterocycles. The zero-order chi connectivity index (χ0) is 12.1. The van der Waals surface area contributed by atoms with E-state index >= 15 is 0 Å². The fourth-order valence-corrected chi connectivity index (χ4v) is 1.46. The van der Waals surface area contributed by atoms with E-state index in [-0.39, 0.29) is 18.0 Å². The first-order valence-corrected chi connectivity index (χ1v) is 5.20. The number of halogens is 3. The van der Waals surface area contributed by atoms with Crippen LogP contribution in [-0.2, 0) is 7.05 Å². The molecule has 16 heavy (non-hydrogen) atoms. The number of amides is 1. The fraction of sp³-hybridized carbons (Fsp3) is 0.556. The predicted octanol–water partition coefficient (Wildman–Crippen LogP) is 1.37. The van der Waals surface area contributed by atoms with Crippen LogP contribution >= 0.6 is 11.6 Å². The molecule has 0 aliphatic rings. The number of rotatable bonds is 5. The summed E-state index contributed by atoms with van der Waals surface area (Å²) in [6.07, 6.45) is 0.258. The molecule has 0 atom stereocenters. The van der Waals surface area contributed by atoms with Gasteiger partial charge in [-0.25, -0.2) is 8.78 Å². The van der Waals surface area contributed by atoms with E-state index in [0.29, 0.717) is 0 Å². The highest BCUT2D eigenvalue weighted by atomic mass is 35.5. The number of aromatic nitrogens is 2. The summed E-state index contributed by atoms with van der Waals surface area (Å²) in [5.41, 5.74) is 0.285. The minimum absolute atomic E-state index is 0.0968. The van der Waals surface area contributed by atoms with Crippen LogP contribution in [0.25, 0.3) is 0 Å². The van der Waals surface area contributed by atoms with E-state index in [2.05, 4.69) is 5.10 Å². The van der Waals surface area contributed by atoms with Crippen molar-refractivity contribution in [3.8, 4) is 0 Å². The molecule has 0 N–H and O–H groups in total.